The monoisotopic (exact) mass is 550 g/mol. The van der Waals surface area contributed by atoms with Gasteiger partial charge in [0.15, 0.2) is 0 Å². The van der Waals surface area contributed by atoms with Gasteiger partial charge in [0.05, 0.1) is 0 Å². The molecule has 4 rings (SSSR count). The molecule has 0 radical (unpaired) electrons. The Bertz CT molecular complexity index is 2020. The van der Waals surface area contributed by atoms with Crippen LogP contribution >= 0.6 is 0 Å². The molecule has 0 N–H and O–H groups in total. The highest BCUT2D eigenvalue weighted by atomic mass is 19.1. The lowest BCUT2D eigenvalue weighted by atomic mass is 10.0. The summed E-state index contributed by atoms with van der Waals surface area (Å²) in [5, 5.41) is 5.90. The molecule has 0 atom stereocenters. The Morgan fingerprint density at radius 1 is 0.429 bits per heavy atom. The minimum atomic E-state index is -0.568. The number of halogens is 2. The highest BCUT2D eigenvalue weighted by Crippen LogP contribution is 2.12. The summed E-state index contributed by atoms with van der Waals surface area (Å²) in [4.78, 5) is 0. The van der Waals surface area contributed by atoms with Gasteiger partial charge >= 0.3 is 0 Å². The standard InChI is InChI=1S/C40H32F2/c1-3-31-17-7-5-6-8-18-32-19-10-13-27-39(32)40-28-14-11-21-34(40)23-16-25-36(42)30-29-35(41)24-15-22-33-20-9-12-26-38(33)37(31)4-2/h3-30H,1-2H2/b6-5?,7-5+,8-6+,17-7?,18-8?,22-15?,23-16?,24-15+,25-16+,30-29?,31-17-,32-18-,33-22+,34-23+,35-24?,35-29+,36-25?,36-30+,37-31?,38-37-,40-39-. The van der Waals surface area contributed by atoms with Crippen molar-refractivity contribution in [2.45, 2.75) is 0 Å². The molecule has 0 saturated carbocycles. The first-order valence-electron chi connectivity index (χ1n) is 13.6. The van der Waals surface area contributed by atoms with Gasteiger partial charge in [0.2, 0.25) is 0 Å². The molecule has 3 aromatic carbocycles. The average Bonchev–Trinajstić information content (AvgIpc) is 3.02. The van der Waals surface area contributed by atoms with E-state index in [9.17, 15) is 8.78 Å². The summed E-state index contributed by atoms with van der Waals surface area (Å²) in [7, 11) is 0. The van der Waals surface area contributed by atoms with Gasteiger partial charge in [0.1, 0.15) is 11.7 Å². The Hall–Kier alpha value is -5.34. The second-order valence-corrected chi connectivity index (χ2v) is 9.30. The number of rotatable bonds is 2. The lowest BCUT2D eigenvalue weighted by Gasteiger charge is -2.04. The van der Waals surface area contributed by atoms with E-state index in [0.29, 0.717) is 0 Å². The van der Waals surface area contributed by atoms with E-state index in [0.717, 1.165) is 54.6 Å². The van der Waals surface area contributed by atoms with Crippen LogP contribution in [0, 0.1) is 10.4 Å². The highest BCUT2D eigenvalue weighted by Gasteiger charge is 1.99. The van der Waals surface area contributed by atoms with Gasteiger partial charge in [-0.2, -0.15) is 0 Å². The molecule has 206 valence electrons. The van der Waals surface area contributed by atoms with Crippen molar-refractivity contribution in [3.63, 3.8) is 0 Å². The maximum atomic E-state index is 14.5. The van der Waals surface area contributed by atoms with Gasteiger partial charge < -0.3 is 0 Å². The third-order valence-corrected chi connectivity index (χ3v) is 6.55. The van der Waals surface area contributed by atoms with Crippen LogP contribution in [0.5, 0.6) is 0 Å². The van der Waals surface area contributed by atoms with Crippen molar-refractivity contribution in [1.29, 1.82) is 0 Å². The van der Waals surface area contributed by atoms with Gasteiger partial charge in [-0.15, -0.1) is 0 Å². The summed E-state index contributed by atoms with van der Waals surface area (Å²) in [5.74, 6) is -1.13. The van der Waals surface area contributed by atoms with Crippen molar-refractivity contribution in [2.75, 3.05) is 0 Å². The Labute approximate surface area is 245 Å². The molecule has 0 nitrogen and oxygen atoms in total. The molecule has 0 fully saturated rings. The smallest absolute Gasteiger partial charge is 0.123 e. The van der Waals surface area contributed by atoms with Crippen LogP contribution in [0.1, 0.15) is 0 Å². The lowest BCUT2D eigenvalue weighted by Crippen LogP contribution is -2.26. The van der Waals surface area contributed by atoms with E-state index in [1.807, 2.05) is 103 Å². The van der Waals surface area contributed by atoms with Gasteiger partial charge in [-0.25, -0.2) is 8.78 Å². The van der Waals surface area contributed by atoms with Gasteiger partial charge in [0.25, 0.3) is 0 Å². The minimum Gasteiger partial charge on any atom is -0.207 e. The van der Waals surface area contributed by atoms with Gasteiger partial charge in [0, 0.05) is 0 Å². The molecule has 0 spiro atoms. The largest absolute Gasteiger partial charge is 0.207 e. The Balaban J connectivity index is 1.95. The summed E-state index contributed by atoms with van der Waals surface area (Å²) in [6, 6.07) is 23.9. The molecule has 1 aliphatic carbocycles. The van der Waals surface area contributed by atoms with Crippen LogP contribution in [0.3, 0.4) is 0 Å². The predicted molar refractivity (Wildman–Crippen MR) is 176 cm³/mol. The van der Waals surface area contributed by atoms with Crippen LogP contribution < -0.4 is 20.9 Å². The fourth-order valence-corrected chi connectivity index (χ4v) is 4.52. The molecular weight excluding hydrogens is 518 g/mol. The molecule has 0 heterocycles. The first kappa shape index (κ1) is 29.6. The molecule has 0 saturated heterocycles. The Morgan fingerprint density at radius 2 is 0.857 bits per heavy atom. The highest BCUT2D eigenvalue weighted by molar-refractivity contribution is 5.76. The quantitative estimate of drug-likeness (QED) is 0.312. The van der Waals surface area contributed by atoms with Crippen LogP contribution in [0.2, 0.25) is 0 Å². The zero-order valence-electron chi connectivity index (χ0n) is 23.3. The number of hydrogen-bond donors (Lipinski definition) is 0. The van der Waals surface area contributed by atoms with E-state index in [4.69, 9.17) is 0 Å². The fraction of sp³-hybridized carbons (Fsp3) is 0. The second kappa shape index (κ2) is 15.4. The fourth-order valence-electron chi connectivity index (χ4n) is 4.52. The summed E-state index contributed by atoms with van der Waals surface area (Å²) in [6.45, 7) is 8.02. The van der Waals surface area contributed by atoms with E-state index in [1.165, 1.54) is 12.2 Å². The zero-order chi connectivity index (χ0) is 29.6. The van der Waals surface area contributed by atoms with Crippen LogP contribution in [-0.4, -0.2) is 0 Å². The van der Waals surface area contributed by atoms with E-state index < -0.39 is 11.7 Å². The summed E-state index contributed by atoms with van der Waals surface area (Å²) in [5.41, 5.74) is 1.80. The lowest BCUT2D eigenvalue weighted by molar-refractivity contribution is 0.656. The summed E-state index contributed by atoms with van der Waals surface area (Å²) >= 11 is 0. The average molecular weight is 551 g/mol. The van der Waals surface area contributed by atoms with Crippen LogP contribution in [-0.2, 0) is 0 Å². The molecule has 42 heavy (non-hydrogen) atoms. The molecule has 3 aromatic rings. The van der Waals surface area contributed by atoms with Crippen molar-refractivity contribution >= 4 is 23.8 Å². The molecular formula is C40H32F2. The van der Waals surface area contributed by atoms with Crippen LogP contribution in [0.15, 0.2) is 182 Å². The van der Waals surface area contributed by atoms with Crippen molar-refractivity contribution in [1.82, 2.24) is 0 Å². The molecule has 0 bridgehead atoms. The normalized spacial score (nSPS) is 25.6. The minimum absolute atomic E-state index is 0.558. The predicted octanol–water partition coefficient (Wildman–Crippen LogP) is 7.41. The molecule has 2 heteroatoms. The first-order chi connectivity index (χ1) is 20.6. The Morgan fingerprint density at radius 3 is 1.36 bits per heavy atom. The van der Waals surface area contributed by atoms with E-state index in [2.05, 4.69) is 31.4 Å². The topological polar surface area (TPSA) is 0 Å². The number of benzene rings is 3. The van der Waals surface area contributed by atoms with Crippen LogP contribution in [0.25, 0.3) is 23.8 Å². The third kappa shape index (κ3) is 8.09. The van der Waals surface area contributed by atoms with Gasteiger partial charge in [-0.05, 0) is 66.8 Å². The van der Waals surface area contributed by atoms with E-state index in [1.54, 1.807) is 24.3 Å². The third-order valence-electron chi connectivity index (χ3n) is 6.55. The molecule has 1 aliphatic rings. The maximum Gasteiger partial charge on any atom is 0.123 e. The van der Waals surface area contributed by atoms with Gasteiger partial charge in [-0.1, -0.05) is 159 Å². The number of allylic oxidation sites excluding steroid dienone is 16. The number of fused-ring (bicyclic) bond motifs is 3. The van der Waals surface area contributed by atoms with Crippen molar-refractivity contribution in [3.05, 3.63) is 213 Å². The maximum absolute atomic E-state index is 14.5. The molecule has 0 aromatic heterocycles. The molecule has 0 unspecified atom stereocenters. The molecule has 0 amide bonds. The van der Waals surface area contributed by atoms with Crippen molar-refractivity contribution in [2.24, 2.45) is 0 Å². The number of hydrogen-bond acceptors (Lipinski definition) is 0. The Kier molecular flexibility index (Phi) is 10.9. The zero-order valence-corrected chi connectivity index (χ0v) is 23.3. The second-order valence-electron chi connectivity index (χ2n) is 9.30. The van der Waals surface area contributed by atoms with E-state index in [-0.39, 0.29) is 0 Å². The van der Waals surface area contributed by atoms with Crippen molar-refractivity contribution in [3.8, 4) is 0 Å². The van der Waals surface area contributed by atoms with E-state index >= 15 is 0 Å². The SMILES string of the molecule is C=CC1=C/C=C/C=C/C=c2/cccc/c2=c2\cccc\c2=C/C=C/C(F)=C\C=C(F)/C=C/C=c2\cccc\c2=C\1C=C. The van der Waals surface area contributed by atoms with Gasteiger partial charge in [-0.3, -0.25) is 0 Å². The van der Waals surface area contributed by atoms with Crippen molar-refractivity contribution < 1.29 is 8.78 Å². The summed E-state index contributed by atoms with van der Waals surface area (Å²) in [6.07, 6.45) is 27.2. The summed E-state index contributed by atoms with van der Waals surface area (Å²) < 4.78 is 28.9. The molecule has 0 aliphatic heterocycles. The van der Waals surface area contributed by atoms with Crippen LogP contribution in [0.4, 0.5) is 8.78 Å². The first-order valence-corrected chi connectivity index (χ1v) is 13.6.